The predicted molar refractivity (Wildman–Crippen MR) is 82.0 cm³/mol. The second kappa shape index (κ2) is 6.27. The number of ether oxygens (including phenoxy) is 1. The van der Waals surface area contributed by atoms with Crippen LogP contribution in [0.2, 0.25) is 0 Å². The van der Waals surface area contributed by atoms with Gasteiger partial charge in [-0.1, -0.05) is 19.8 Å². The number of hydrogen-bond acceptors (Lipinski definition) is 2. The highest BCUT2D eigenvalue weighted by molar-refractivity contribution is 5.88. The zero-order valence-electron chi connectivity index (χ0n) is 13.0. The molecule has 0 unspecified atom stereocenters. The minimum atomic E-state index is -1.22. The lowest BCUT2D eigenvalue weighted by Crippen LogP contribution is -2.19. The quantitative estimate of drug-likeness (QED) is 0.864. The minimum absolute atomic E-state index is 0.249. The number of halogens is 1. The Balaban J connectivity index is 1.72. The van der Waals surface area contributed by atoms with Gasteiger partial charge < -0.3 is 9.84 Å². The number of aromatic carboxylic acids is 1. The van der Waals surface area contributed by atoms with Crippen molar-refractivity contribution in [3.8, 4) is 5.75 Å². The molecule has 0 aromatic heterocycles. The molecule has 120 valence electrons. The molecule has 1 N–H and O–H groups in total. The molecule has 0 heterocycles. The Kier molecular flexibility index (Phi) is 4.37. The van der Waals surface area contributed by atoms with E-state index in [-0.39, 0.29) is 5.56 Å². The Morgan fingerprint density at radius 2 is 1.91 bits per heavy atom. The molecule has 0 atom stereocenters. The van der Waals surface area contributed by atoms with E-state index in [0.717, 1.165) is 37.2 Å². The lowest BCUT2D eigenvalue weighted by Gasteiger charge is -2.26. The smallest absolute Gasteiger partial charge is 0.338 e. The number of carbonyl (C=O) groups is 1. The van der Waals surface area contributed by atoms with Crippen molar-refractivity contribution < 1.29 is 19.0 Å². The van der Waals surface area contributed by atoms with Crippen LogP contribution in [-0.2, 0) is 0 Å². The van der Waals surface area contributed by atoms with E-state index in [2.05, 4.69) is 6.92 Å². The van der Waals surface area contributed by atoms with Gasteiger partial charge in [-0.3, -0.25) is 0 Å². The van der Waals surface area contributed by atoms with Crippen LogP contribution in [0.15, 0.2) is 12.1 Å². The molecule has 2 saturated carbocycles. The number of rotatable bonds is 5. The third-order valence-corrected chi connectivity index (χ3v) is 4.96. The van der Waals surface area contributed by atoms with E-state index in [1.54, 1.807) is 0 Å². The maximum absolute atomic E-state index is 13.9. The third-order valence-electron chi connectivity index (χ3n) is 4.96. The van der Waals surface area contributed by atoms with Gasteiger partial charge in [0.15, 0.2) is 0 Å². The van der Waals surface area contributed by atoms with Crippen LogP contribution < -0.4 is 4.74 Å². The molecule has 2 aliphatic carbocycles. The van der Waals surface area contributed by atoms with Crippen LogP contribution in [0, 0.1) is 17.7 Å². The Hall–Kier alpha value is -1.58. The van der Waals surface area contributed by atoms with Crippen molar-refractivity contribution in [2.24, 2.45) is 11.8 Å². The van der Waals surface area contributed by atoms with E-state index in [1.807, 2.05) is 0 Å². The molecule has 2 aliphatic rings. The van der Waals surface area contributed by atoms with Crippen LogP contribution in [0.3, 0.4) is 0 Å². The van der Waals surface area contributed by atoms with Crippen molar-refractivity contribution in [3.05, 3.63) is 29.1 Å². The maximum Gasteiger partial charge on any atom is 0.338 e. The topological polar surface area (TPSA) is 46.5 Å². The summed E-state index contributed by atoms with van der Waals surface area (Å²) in [6.45, 7) is 2.89. The Morgan fingerprint density at radius 1 is 1.23 bits per heavy atom. The Bertz CT molecular complexity index is 558. The van der Waals surface area contributed by atoms with Crippen molar-refractivity contribution >= 4 is 5.97 Å². The fourth-order valence-corrected chi connectivity index (χ4v) is 3.28. The average Bonchev–Trinajstić information content (AvgIpc) is 3.31. The Morgan fingerprint density at radius 3 is 2.50 bits per heavy atom. The van der Waals surface area contributed by atoms with E-state index >= 15 is 0 Å². The molecule has 1 aromatic rings. The van der Waals surface area contributed by atoms with E-state index in [4.69, 9.17) is 9.84 Å². The number of carboxylic acids is 1. The largest absolute Gasteiger partial charge is 0.493 e. The molecule has 0 amide bonds. The molecule has 1 aromatic carbocycles. The summed E-state index contributed by atoms with van der Waals surface area (Å²) in [5, 5.41) is 9.06. The number of hydrogen-bond donors (Lipinski definition) is 1. The van der Waals surface area contributed by atoms with Crippen LogP contribution in [0.25, 0.3) is 0 Å². The van der Waals surface area contributed by atoms with Gasteiger partial charge in [0.2, 0.25) is 0 Å². The van der Waals surface area contributed by atoms with Gasteiger partial charge in [0, 0.05) is 6.07 Å². The van der Waals surface area contributed by atoms with Gasteiger partial charge in [-0.15, -0.1) is 0 Å². The van der Waals surface area contributed by atoms with Crippen LogP contribution in [-0.4, -0.2) is 17.7 Å². The van der Waals surface area contributed by atoms with Crippen molar-refractivity contribution in [3.63, 3.8) is 0 Å². The third kappa shape index (κ3) is 3.42. The fraction of sp³-hybridized carbons (Fsp3) is 0.611. The highest BCUT2D eigenvalue weighted by atomic mass is 19.1. The Labute approximate surface area is 130 Å². The van der Waals surface area contributed by atoms with Gasteiger partial charge in [0.25, 0.3) is 0 Å². The average molecular weight is 306 g/mol. The SMILES string of the molecule is CC1CCC(COc2cc(F)c(C(=O)O)cc2C2CC2)CC1. The first-order valence-corrected chi connectivity index (χ1v) is 8.24. The molecule has 0 aliphatic heterocycles. The van der Waals surface area contributed by atoms with Gasteiger partial charge in [0.1, 0.15) is 11.6 Å². The normalized spacial score (nSPS) is 25.0. The summed E-state index contributed by atoms with van der Waals surface area (Å²) in [6, 6.07) is 2.73. The summed E-state index contributed by atoms with van der Waals surface area (Å²) < 4.78 is 19.8. The highest BCUT2D eigenvalue weighted by Crippen LogP contribution is 2.45. The second-order valence-electron chi connectivity index (χ2n) is 6.89. The summed E-state index contributed by atoms with van der Waals surface area (Å²) in [5.41, 5.74) is 0.615. The molecule has 2 fully saturated rings. The van der Waals surface area contributed by atoms with Crippen LogP contribution in [0.5, 0.6) is 5.75 Å². The van der Waals surface area contributed by atoms with Crippen molar-refractivity contribution in [2.75, 3.05) is 6.61 Å². The summed E-state index contributed by atoms with van der Waals surface area (Å²) in [7, 11) is 0. The van der Waals surface area contributed by atoms with Crippen molar-refractivity contribution in [2.45, 2.75) is 51.4 Å². The zero-order valence-corrected chi connectivity index (χ0v) is 13.0. The van der Waals surface area contributed by atoms with Crippen LogP contribution in [0.4, 0.5) is 4.39 Å². The van der Waals surface area contributed by atoms with Crippen LogP contribution in [0.1, 0.15) is 67.3 Å². The monoisotopic (exact) mass is 306 g/mol. The van der Waals surface area contributed by atoms with Gasteiger partial charge in [-0.25, -0.2) is 9.18 Å². The molecule has 4 heteroatoms. The zero-order chi connectivity index (χ0) is 15.7. The summed E-state index contributed by atoms with van der Waals surface area (Å²) in [5.74, 6) is 0.288. The predicted octanol–water partition coefficient (Wildman–Crippen LogP) is 4.61. The fourth-order valence-electron chi connectivity index (χ4n) is 3.28. The maximum atomic E-state index is 13.9. The lowest BCUT2D eigenvalue weighted by molar-refractivity contribution is 0.0691. The summed E-state index contributed by atoms with van der Waals surface area (Å²) in [6.07, 6.45) is 6.85. The molecular weight excluding hydrogens is 283 g/mol. The first-order chi connectivity index (χ1) is 10.5. The van der Waals surface area contributed by atoms with Crippen LogP contribution >= 0.6 is 0 Å². The molecule has 0 saturated heterocycles. The van der Waals surface area contributed by atoms with Crippen molar-refractivity contribution in [1.82, 2.24) is 0 Å². The first-order valence-electron chi connectivity index (χ1n) is 8.24. The van der Waals surface area contributed by atoms with Gasteiger partial charge >= 0.3 is 5.97 Å². The van der Waals surface area contributed by atoms with E-state index in [1.165, 1.54) is 25.0 Å². The first kappa shape index (κ1) is 15.3. The molecule has 0 bridgehead atoms. The highest BCUT2D eigenvalue weighted by Gasteiger charge is 2.30. The van der Waals surface area contributed by atoms with E-state index < -0.39 is 11.8 Å². The molecule has 22 heavy (non-hydrogen) atoms. The lowest BCUT2D eigenvalue weighted by atomic mass is 9.83. The number of benzene rings is 1. The molecule has 0 spiro atoms. The molecule has 0 radical (unpaired) electrons. The second-order valence-corrected chi connectivity index (χ2v) is 6.89. The van der Waals surface area contributed by atoms with Gasteiger partial charge in [0.05, 0.1) is 12.2 Å². The molecule has 3 nitrogen and oxygen atoms in total. The molecular formula is C18H23FO3. The van der Waals surface area contributed by atoms with Gasteiger partial charge in [-0.2, -0.15) is 0 Å². The minimum Gasteiger partial charge on any atom is -0.493 e. The van der Waals surface area contributed by atoms with E-state index in [0.29, 0.717) is 24.2 Å². The van der Waals surface area contributed by atoms with Crippen molar-refractivity contribution in [1.29, 1.82) is 0 Å². The standard InChI is InChI=1S/C18H23FO3/c1-11-2-4-12(5-3-11)10-22-17-9-16(19)15(18(20)21)8-14(17)13-6-7-13/h8-9,11-13H,2-7,10H2,1H3,(H,20,21). The summed E-state index contributed by atoms with van der Waals surface area (Å²) >= 11 is 0. The van der Waals surface area contributed by atoms with Gasteiger partial charge in [-0.05, 0) is 55.1 Å². The number of carboxylic acid groups (broad SMARTS) is 1. The summed E-state index contributed by atoms with van der Waals surface area (Å²) in [4.78, 5) is 11.1. The van der Waals surface area contributed by atoms with E-state index in [9.17, 15) is 9.18 Å². The molecule has 3 rings (SSSR count).